The number of rotatable bonds is 4. The molecule has 0 bridgehead atoms. The Morgan fingerprint density at radius 1 is 1.26 bits per heavy atom. The van der Waals surface area contributed by atoms with Crippen LogP contribution in [0.25, 0.3) is 0 Å². The number of hydrogen-bond acceptors (Lipinski definition) is 3. The third-order valence-electron chi connectivity index (χ3n) is 3.88. The Kier molecular flexibility index (Phi) is 8.51. The van der Waals surface area contributed by atoms with Crippen LogP contribution in [0.4, 0.5) is 5.69 Å². The summed E-state index contributed by atoms with van der Waals surface area (Å²) in [4.78, 5) is 9.13. The molecule has 0 aromatic heterocycles. The molecule has 0 aliphatic carbocycles. The highest BCUT2D eigenvalue weighted by Gasteiger charge is 2.20. The van der Waals surface area contributed by atoms with Gasteiger partial charge in [-0.25, -0.2) is 0 Å². The molecule has 1 aromatic rings. The molecule has 1 aliphatic heterocycles. The van der Waals surface area contributed by atoms with Gasteiger partial charge in [0, 0.05) is 51.5 Å². The molecule has 1 N–H and O–H groups in total. The van der Waals surface area contributed by atoms with Crippen molar-refractivity contribution in [1.82, 2.24) is 10.2 Å². The lowest BCUT2D eigenvalue weighted by Crippen LogP contribution is -2.53. The molecule has 0 radical (unpaired) electrons. The van der Waals surface area contributed by atoms with E-state index < -0.39 is 0 Å². The van der Waals surface area contributed by atoms with E-state index in [1.54, 1.807) is 7.11 Å². The summed E-state index contributed by atoms with van der Waals surface area (Å²) in [6, 6.07) is 8.27. The summed E-state index contributed by atoms with van der Waals surface area (Å²) < 4.78 is 5.31. The lowest BCUT2D eigenvalue weighted by atomic mass is 10.2. The van der Waals surface area contributed by atoms with Gasteiger partial charge in [-0.3, -0.25) is 4.99 Å². The summed E-state index contributed by atoms with van der Waals surface area (Å²) in [5, 5.41) is 3.45. The van der Waals surface area contributed by atoms with Crippen LogP contribution in [0.2, 0.25) is 0 Å². The molecule has 1 aliphatic rings. The van der Waals surface area contributed by atoms with E-state index in [1.807, 2.05) is 19.2 Å². The van der Waals surface area contributed by atoms with Gasteiger partial charge in [0.05, 0.1) is 7.11 Å². The van der Waals surface area contributed by atoms with Crippen LogP contribution in [-0.2, 0) is 0 Å². The Morgan fingerprint density at radius 2 is 1.96 bits per heavy atom. The Morgan fingerprint density at radius 3 is 2.52 bits per heavy atom. The van der Waals surface area contributed by atoms with Gasteiger partial charge >= 0.3 is 0 Å². The highest BCUT2D eigenvalue weighted by atomic mass is 127. The summed E-state index contributed by atoms with van der Waals surface area (Å²) in [7, 11) is 3.57. The molecule has 2 rings (SSSR count). The predicted molar refractivity (Wildman–Crippen MR) is 108 cm³/mol. The maximum atomic E-state index is 5.31. The Bertz CT molecular complexity index is 499. The number of hydrogen-bond donors (Lipinski definition) is 1. The summed E-state index contributed by atoms with van der Waals surface area (Å²) in [6.45, 7) is 9.33. The van der Waals surface area contributed by atoms with E-state index >= 15 is 0 Å². The number of ether oxygens (including phenoxy) is 1. The van der Waals surface area contributed by atoms with E-state index in [1.165, 1.54) is 5.69 Å². The van der Waals surface area contributed by atoms with Gasteiger partial charge in [0.1, 0.15) is 5.75 Å². The molecule has 0 amide bonds. The van der Waals surface area contributed by atoms with Crippen molar-refractivity contribution in [3.63, 3.8) is 0 Å². The first-order valence-electron chi connectivity index (χ1n) is 7.98. The van der Waals surface area contributed by atoms with Crippen molar-refractivity contribution >= 4 is 35.6 Å². The zero-order valence-corrected chi connectivity index (χ0v) is 16.9. The molecule has 130 valence electrons. The van der Waals surface area contributed by atoms with E-state index in [2.05, 4.69) is 46.1 Å². The smallest absolute Gasteiger partial charge is 0.193 e. The first-order valence-corrected chi connectivity index (χ1v) is 7.98. The third kappa shape index (κ3) is 5.75. The number of halogens is 1. The fraction of sp³-hybridized carbons (Fsp3) is 0.588. The Labute approximate surface area is 157 Å². The third-order valence-corrected chi connectivity index (χ3v) is 3.88. The van der Waals surface area contributed by atoms with Gasteiger partial charge in [-0.1, -0.05) is 19.9 Å². The second-order valence-corrected chi connectivity index (χ2v) is 6.00. The molecule has 1 fully saturated rings. The zero-order chi connectivity index (χ0) is 15.9. The molecule has 5 nitrogen and oxygen atoms in total. The average Bonchev–Trinajstić information content (AvgIpc) is 2.56. The van der Waals surface area contributed by atoms with Gasteiger partial charge in [-0.2, -0.15) is 0 Å². The van der Waals surface area contributed by atoms with E-state index in [0.717, 1.165) is 44.4 Å². The van der Waals surface area contributed by atoms with Gasteiger partial charge in [-0.15, -0.1) is 24.0 Å². The summed E-state index contributed by atoms with van der Waals surface area (Å²) >= 11 is 0. The molecular weight excluding hydrogens is 403 g/mol. The summed E-state index contributed by atoms with van der Waals surface area (Å²) in [6.07, 6.45) is 0. The van der Waals surface area contributed by atoms with Crippen molar-refractivity contribution < 1.29 is 4.74 Å². The number of aliphatic imine (C=N–C) groups is 1. The summed E-state index contributed by atoms with van der Waals surface area (Å²) in [5.74, 6) is 2.54. The van der Waals surface area contributed by atoms with Crippen molar-refractivity contribution in [3.05, 3.63) is 24.3 Å². The number of guanidine groups is 1. The lowest BCUT2D eigenvalue weighted by molar-refractivity contribution is 0.369. The quantitative estimate of drug-likeness (QED) is 0.451. The van der Waals surface area contributed by atoms with Gasteiger partial charge in [0.25, 0.3) is 0 Å². The van der Waals surface area contributed by atoms with Gasteiger partial charge in [0.15, 0.2) is 5.96 Å². The average molecular weight is 432 g/mol. The van der Waals surface area contributed by atoms with Crippen LogP contribution in [0.15, 0.2) is 29.3 Å². The fourth-order valence-corrected chi connectivity index (χ4v) is 2.61. The SMILES string of the molecule is CN=C(NCC(C)C)N1CCN(c2cccc(OC)c2)CC1.I. The van der Waals surface area contributed by atoms with Gasteiger partial charge in [-0.05, 0) is 18.1 Å². The van der Waals surface area contributed by atoms with Gasteiger partial charge < -0.3 is 19.9 Å². The number of nitrogens with one attached hydrogen (secondary N) is 1. The van der Waals surface area contributed by atoms with Crippen LogP contribution in [0.5, 0.6) is 5.75 Å². The van der Waals surface area contributed by atoms with Crippen LogP contribution in [0.3, 0.4) is 0 Å². The van der Waals surface area contributed by atoms with Crippen molar-refractivity contribution in [1.29, 1.82) is 0 Å². The van der Waals surface area contributed by atoms with Crippen LogP contribution < -0.4 is 15.0 Å². The molecule has 1 saturated heterocycles. The summed E-state index contributed by atoms with van der Waals surface area (Å²) in [5.41, 5.74) is 1.23. The standard InChI is InChI=1S/C17H28N4O.HI/c1-14(2)13-19-17(18-3)21-10-8-20(9-11-21)15-6-5-7-16(12-15)22-4;/h5-7,12,14H,8-11,13H2,1-4H3,(H,18,19);1H. The molecule has 1 heterocycles. The first-order chi connectivity index (χ1) is 10.6. The minimum absolute atomic E-state index is 0. The highest BCUT2D eigenvalue weighted by molar-refractivity contribution is 14.0. The minimum Gasteiger partial charge on any atom is -0.497 e. The van der Waals surface area contributed by atoms with Crippen LogP contribution in [0.1, 0.15) is 13.8 Å². The minimum atomic E-state index is 0. The Balaban J connectivity index is 0.00000264. The monoisotopic (exact) mass is 432 g/mol. The van der Waals surface area contributed by atoms with Crippen molar-refractivity contribution in [2.45, 2.75) is 13.8 Å². The van der Waals surface area contributed by atoms with Crippen molar-refractivity contribution in [2.24, 2.45) is 10.9 Å². The van der Waals surface area contributed by atoms with Gasteiger partial charge in [0.2, 0.25) is 0 Å². The molecule has 0 unspecified atom stereocenters. The number of anilines is 1. The van der Waals surface area contributed by atoms with Crippen molar-refractivity contribution in [2.75, 3.05) is 51.8 Å². The van der Waals surface area contributed by atoms with E-state index in [9.17, 15) is 0 Å². The van der Waals surface area contributed by atoms with E-state index in [0.29, 0.717) is 5.92 Å². The Hall–Kier alpha value is -1.18. The van der Waals surface area contributed by atoms with Crippen LogP contribution in [0, 0.1) is 5.92 Å². The second kappa shape index (κ2) is 9.85. The van der Waals surface area contributed by atoms with E-state index in [-0.39, 0.29) is 24.0 Å². The number of piperazine rings is 1. The first kappa shape index (κ1) is 19.9. The largest absolute Gasteiger partial charge is 0.497 e. The second-order valence-electron chi connectivity index (χ2n) is 6.00. The maximum absolute atomic E-state index is 5.31. The zero-order valence-electron chi connectivity index (χ0n) is 14.6. The number of benzene rings is 1. The molecule has 23 heavy (non-hydrogen) atoms. The number of methoxy groups -OCH3 is 1. The molecule has 0 spiro atoms. The van der Waals surface area contributed by atoms with Crippen LogP contribution in [-0.4, -0.2) is 57.7 Å². The lowest BCUT2D eigenvalue weighted by Gasteiger charge is -2.38. The predicted octanol–water partition coefficient (Wildman–Crippen LogP) is 2.67. The topological polar surface area (TPSA) is 40.1 Å². The normalized spacial score (nSPS) is 15.4. The maximum Gasteiger partial charge on any atom is 0.193 e. The molecule has 0 atom stereocenters. The molecular formula is C17H29IN4O. The fourth-order valence-electron chi connectivity index (χ4n) is 2.61. The van der Waals surface area contributed by atoms with Crippen molar-refractivity contribution in [3.8, 4) is 5.75 Å². The molecule has 0 saturated carbocycles. The highest BCUT2D eigenvalue weighted by Crippen LogP contribution is 2.22. The van der Waals surface area contributed by atoms with E-state index in [4.69, 9.17) is 4.74 Å². The van der Waals surface area contributed by atoms with Crippen LogP contribution >= 0.6 is 24.0 Å². The molecule has 1 aromatic carbocycles. The molecule has 6 heteroatoms. The number of nitrogens with zero attached hydrogens (tertiary/aromatic N) is 3.